The first-order chi connectivity index (χ1) is 9.41. The van der Waals surface area contributed by atoms with Gasteiger partial charge in [-0.05, 0) is 18.2 Å². The van der Waals surface area contributed by atoms with Crippen LogP contribution in [0.2, 0.25) is 0 Å². The van der Waals surface area contributed by atoms with Crippen LogP contribution in [0.25, 0.3) is 0 Å². The summed E-state index contributed by atoms with van der Waals surface area (Å²) in [4.78, 5) is 13.1. The summed E-state index contributed by atoms with van der Waals surface area (Å²) in [6, 6.07) is 4.90. The second-order valence-corrected chi connectivity index (χ2v) is 5.33. The standard InChI is InChI=1S/C14H21N3O3/c1-17(9-14(19)4-6-20-7-5-14)12-8-10(13(16)18)2-3-11(12)15/h2-3,8,19H,4-7,9,15H2,1H3,(H2,16,18). The lowest BCUT2D eigenvalue weighted by atomic mass is 9.93. The third-order valence-corrected chi connectivity index (χ3v) is 3.68. The van der Waals surface area contributed by atoms with Crippen LogP contribution < -0.4 is 16.4 Å². The molecule has 0 spiro atoms. The van der Waals surface area contributed by atoms with Crippen LogP contribution in [0, 0.1) is 0 Å². The van der Waals surface area contributed by atoms with Gasteiger partial charge in [-0.25, -0.2) is 0 Å². The van der Waals surface area contributed by atoms with E-state index in [2.05, 4.69) is 0 Å². The van der Waals surface area contributed by atoms with E-state index < -0.39 is 11.5 Å². The van der Waals surface area contributed by atoms with E-state index in [-0.39, 0.29) is 0 Å². The number of nitrogens with two attached hydrogens (primary N) is 2. The molecule has 6 nitrogen and oxygen atoms in total. The molecule has 110 valence electrons. The van der Waals surface area contributed by atoms with Crippen molar-refractivity contribution in [2.45, 2.75) is 18.4 Å². The number of carbonyl (C=O) groups excluding carboxylic acids is 1. The Labute approximate surface area is 118 Å². The number of ether oxygens (including phenoxy) is 1. The van der Waals surface area contributed by atoms with Gasteiger partial charge in [-0.2, -0.15) is 0 Å². The highest BCUT2D eigenvalue weighted by atomic mass is 16.5. The van der Waals surface area contributed by atoms with Crippen LogP contribution in [0.5, 0.6) is 0 Å². The maximum Gasteiger partial charge on any atom is 0.248 e. The van der Waals surface area contributed by atoms with Crippen molar-refractivity contribution in [1.29, 1.82) is 0 Å². The number of nitrogen functional groups attached to an aromatic ring is 1. The fourth-order valence-corrected chi connectivity index (χ4v) is 2.46. The SMILES string of the molecule is CN(CC1(O)CCOCC1)c1cc(C(N)=O)ccc1N. The van der Waals surface area contributed by atoms with Crippen LogP contribution >= 0.6 is 0 Å². The molecule has 20 heavy (non-hydrogen) atoms. The molecule has 0 bridgehead atoms. The van der Waals surface area contributed by atoms with Gasteiger partial charge in [0.25, 0.3) is 0 Å². The van der Waals surface area contributed by atoms with Gasteiger partial charge < -0.3 is 26.2 Å². The zero-order valence-electron chi connectivity index (χ0n) is 11.6. The van der Waals surface area contributed by atoms with Crippen molar-refractivity contribution in [3.63, 3.8) is 0 Å². The highest BCUT2D eigenvalue weighted by Crippen LogP contribution is 2.28. The molecule has 0 aliphatic carbocycles. The van der Waals surface area contributed by atoms with Crippen molar-refractivity contribution < 1.29 is 14.6 Å². The molecule has 1 aromatic rings. The summed E-state index contributed by atoms with van der Waals surface area (Å²) in [6.07, 6.45) is 1.18. The molecule has 0 saturated carbocycles. The largest absolute Gasteiger partial charge is 0.397 e. The number of likely N-dealkylation sites (N-methyl/N-ethyl adjacent to an activating group) is 1. The molecule has 6 heteroatoms. The summed E-state index contributed by atoms with van der Waals surface area (Å²) in [7, 11) is 1.84. The summed E-state index contributed by atoms with van der Waals surface area (Å²) in [6.45, 7) is 1.55. The molecular weight excluding hydrogens is 258 g/mol. The number of nitrogens with zero attached hydrogens (tertiary/aromatic N) is 1. The Morgan fingerprint density at radius 1 is 1.45 bits per heavy atom. The van der Waals surface area contributed by atoms with Crippen molar-refractivity contribution in [3.8, 4) is 0 Å². The van der Waals surface area contributed by atoms with Crippen LogP contribution in [-0.4, -0.2) is 43.4 Å². The monoisotopic (exact) mass is 279 g/mol. The predicted molar refractivity (Wildman–Crippen MR) is 77.6 cm³/mol. The molecule has 1 saturated heterocycles. The maximum atomic E-state index is 11.2. The van der Waals surface area contributed by atoms with Crippen molar-refractivity contribution in [3.05, 3.63) is 23.8 Å². The molecule has 1 amide bonds. The molecule has 0 aromatic heterocycles. The van der Waals surface area contributed by atoms with Gasteiger partial charge in [0.05, 0.1) is 17.0 Å². The summed E-state index contributed by atoms with van der Waals surface area (Å²) in [5.41, 5.74) is 12.1. The molecule has 0 atom stereocenters. The predicted octanol–water partition coefficient (Wildman–Crippen LogP) is 0.345. The van der Waals surface area contributed by atoms with E-state index in [4.69, 9.17) is 16.2 Å². The summed E-state index contributed by atoms with van der Waals surface area (Å²) < 4.78 is 5.26. The number of benzene rings is 1. The van der Waals surface area contributed by atoms with E-state index in [9.17, 15) is 9.90 Å². The number of amides is 1. The van der Waals surface area contributed by atoms with Crippen LogP contribution in [-0.2, 0) is 4.74 Å². The number of primary amides is 1. The summed E-state index contributed by atoms with van der Waals surface area (Å²) in [5, 5.41) is 10.5. The molecule has 1 aromatic carbocycles. The third-order valence-electron chi connectivity index (χ3n) is 3.68. The van der Waals surface area contributed by atoms with E-state index in [1.54, 1.807) is 18.2 Å². The van der Waals surface area contributed by atoms with Crippen molar-refractivity contribution >= 4 is 17.3 Å². The topological polar surface area (TPSA) is 102 Å². The van der Waals surface area contributed by atoms with Crippen LogP contribution in [0.1, 0.15) is 23.2 Å². The fraction of sp³-hybridized carbons (Fsp3) is 0.500. The minimum Gasteiger partial charge on any atom is -0.397 e. The molecule has 1 heterocycles. The average molecular weight is 279 g/mol. The van der Waals surface area contributed by atoms with Gasteiger partial charge >= 0.3 is 0 Å². The molecule has 0 unspecified atom stereocenters. The Balaban J connectivity index is 2.17. The minimum atomic E-state index is -0.790. The highest BCUT2D eigenvalue weighted by molar-refractivity contribution is 5.95. The van der Waals surface area contributed by atoms with E-state index in [0.717, 1.165) is 0 Å². The van der Waals surface area contributed by atoms with E-state index in [0.29, 0.717) is 49.5 Å². The van der Waals surface area contributed by atoms with E-state index in [1.165, 1.54) is 0 Å². The normalized spacial score (nSPS) is 17.7. The lowest BCUT2D eigenvalue weighted by molar-refractivity contribution is -0.0572. The first-order valence-corrected chi connectivity index (χ1v) is 6.62. The number of rotatable bonds is 4. The average Bonchev–Trinajstić information content (AvgIpc) is 2.39. The van der Waals surface area contributed by atoms with Gasteiger partial charge in [0, 0.05) is 45.2 Å². The quantitative estimate of drug-likeness (QED) is 0.690. The molecule has 2 rings (SSSR count). The maximum absolute atomic E-state index is 11.2. The number of anilines is 2. The lowest BCUT2D eigenvalue weighted by Gasteiger charge is -2.36. The molecule has 1 aliphatic rings. The van der Waals surface area contributed by atoms with Gasteiger partial charge in [0.1, 0.15) is 0 Å². The van der Waals surface area contributed by atoms with Crippen LogP contribution in [0.3, 0.4) is 0 Å². The first-order valence-electron chi connectivity index (χ1n) is 6.62. The highest BCUT2D eigenvalue weighted by Gasteiger charge is 2.31. The Bertz CT molecular complexity index is 498. The van der Waals surface area contributed by atoms with Gasteiger partial charge in [0.15, 0.2) is 0 Å². The summed E-state index contributed by atoms with van der Waals surface area (Å²) in [5.74, 6) is -0.496. The molecule has 5 N–H and O–H groups in total. The third kappa shape index (κ3) is 3.20. The zero-order valence-corrected chi connectivity index (χ0v) is 11.6. The molecule has 1 fully saturated rings. The Kier molecular flexibility index (Phi) is 4.15. The minimum absolute atomic E-state index is 0.403. The smallest absolute Gasteiger partial charge is 0.248 e. The van der Waals surface area contributed by atoms with Gasteiger partial charge in [-0.3, -0.25) is 4.79 Å². The van der Waals surface area contributed by atoms with E-state index >= 15 is 0 Å². The lowest BCUT2D eigenvalue weighted by Crippen LogP contribution is -2.46. The van der Waals surface area contributed by atoms with Crippen LogP contribution in [0.15, 0.2) is 18.2 Å². The molecule has 1 aliphatic heterocycles. The number of hydrogen-bond donors (Lipinski definition) is 3. The van der Waals surface area contributed by atoms with Gasteiger partial charge in [-0.1, -0.05) is 0 Å². The van der Waals surface area contributed by atoms with E-state index in [1.807, 2.05) is 11.9 Å². The van der Waals surface area contributed by atoms with Gasteiger partial charge in [-0.15, -0.1) is 0 Å². The molecular formula is C14H21N3O3. The number of hydrogen-bond acceptors (Lipinski definition) is 5. The summed E-state index contributed by atoms with van der Waals surface area (Å²) >= 11 is 0. The van der Waals surface area contributed by atoms with Crippen molar-refractivity contribution in [1.82, 2.24) is 0 Å². The second-order valence-electron chi connectivity index (χ2n) is 5.33. The van der Waals surface area contributed by atoms with Crippen LogP contribution in [0.4, 0.5) is 11.4 Å². The number of carbonyl (C=O) groups is 1. The molecule has 0 radical (unpaired) electrons. The Morgan fingerprint density at radius 3 is 2.70 bits per heavy atom. The first kappa shape index (κ1) is 14.6. The second kappa shape index (κ2) is 5.68. The Hall–Kier alpha value is -1.79. The van der Waals surface area contributed by atoms with Gasteiger partial charge in [0.2, 0.25) is 5.91 Å². The number of aliphatic hydroxyl groups is 1. The van der Waals surface area contributed by atoms with Crippen molar-refractivity contribution in [2.75, 3.05) is 37.4 Å². The van der Waals surface area contributed by atoms with Crippen molar-refractivity contribution in [2.24, 2.45) is 5.73 Å². The fourth-order valence-electron chi connectivity index (χ4n) is 2.46. The Morgan fingerprint density at radius 2 is 2.10 bits per heavy atom. The zero-order chi connectivity index (χ0) is 14.8.